The fourth-order valence-corrected chi connectivity index (χ4v) is 1.26. The van der Waals surface area contributed by atoms with Gasteiger partial charge in [-0.05, 0) is 20.8 Å². The average Bonchev–Trinajstić information content (AvgIpc) is 1.83. The Hall–Kier alpha value is -1.06. The molecule has 1 fully saturated rings. The second-order valence-electron chi connectivity index (χ2n) is 3.97. The summed E-state index contributed by atoms with van der Waals surface area (Å²) in [7, 11) is 0. The second-order valence-corrected chi connectivity index (χ2v) is 3.97. The van der Waals surface area contributed by atoms with Crippen LogP contribution in [0.2, 0.25) is 0 Å². The van der Waals surface area contributed by atoms with Crippen molar-refractivity contribution in [3.05, 3.63) is 0 Å². The third-order valence-corrected chi connectivity index (χ3v) is 1.90. The van der Waals surface area contributed by atoms with Crippen molar-refractivity contribution in [1.82, 2.24) is 10.2 Å². The molecular formula is C8H15N3O. The van der Waals surface area contributed by atoms with Crippen LogP contribution in [0.4, 0.5) is 0 Å². The predicted molar refractivity (Wildman–Crippen MR) is 46.9 cm³/mol. The molecule has 2 N–H and O–H groups in total. The molecule has 1 aliphatic rings. The normalized spacial score (nSPS) is 19.4. The lowest BCUT2D eigenvalue weighted by molar-refractivity contribution is -0.121. The number of rotatable bonds is 0. The fraction of sp³-hybridized carbons (Fsp3) is 0.750. The fourth-order valence-electron chi connectivity index (χ4n) is 1.26. The van der Waals surface area contributed by atoms with Crippen LogP contribution in [0.15, 0.2) is 0 Å². The molecule has 68 valence electrons. The Kier molecular flexibility index (Phi) is 2.08. The van der Waals surface area contributed by atoms with E-state index in [1.165, 1.54) is 0 Å². The van der Waals surface area contributed by atoms with Crippen LogP contribution in [0, 0.1) is 5.41 Å². The summed E-state index contributed by atoms with van der Waals surface area (Å²) >= 11 is 0. The van der Waals surface area contributed by atoms with Gasteiger partial charge in [0.05, 0.1) is 0 Å². The van der Waals surface area contributed by atoms with E-state index in [0.29, 0.717) is 13.0 Å². The van der Waals surface area contributed by atoms with E-state index >= 15 is 0 Å². The van der Waals surface area contributed by atoms with Crippen molar-refractivity contribution < 1.29 is 4.79 Å². The largest absolute Gasteiger partial charge is 0.337 e. The van der Waals surface area contributed by atoms with Crippen molar-refractivity contribution in [1.29, 1.82) is 5.41 Å². The number of nitrogens with one attached hydrogen (secondary N) is 2. The first-order valence-corrected chi connectivity index (χ1v) is 4.07. The standard InChI is InChI=1S/C8H15N3O/c1-8(2,3)11-5-4-6(12)10-7(11)9/h4-5H2,1-3H3,(H2,9,10,12). The summed E-state index contributed by atoms with van der Waals surface area (Å²) in [6.07, 6.45) is 0.486. The molecule has 1 saturated heterocycles. The maximum atomic E-state index is 10.9. The summed E-state index contributed by atoms with van der Waals surface area (Å²) < 4.78 is 0. The first-order valence-electron chi connectivity index (χ1n) is 4.07. The molecule has 0 aromatic heterocycles. The van der Waals surface area contributed by atoms with Gasteiger partial charge in [-0.1, -0.05) is 0 Å². The SMILES string of the molecule is CC(C)(C)N1CCC(=O)NC1=N. The lowest BCUT2D eigenvalue weighted by Crippen LogP contribution is -2.56. The van der Waals surface area contributed by atoms with E-state index in [0.717, 1.165) is 0 Å². The Labute approximate surface area is 72.4 Å². The molecule has 1 rings (SSSR count). The van der Waals surface area contributed by atoms with Crippen molar-refractivity contribution in [2.75, 3.05) is 6.54 Å². The second kappa shape index (κ2) is 2.77. The molecule has 0 aromatic carbocycles. The third-order valence-electron chi connectivity index (χ3n) is 1.90. The molecule has 4 nitrogen and oxygen atoms in total. The topological polar surface area (TPSA) is 56.2 Å². The third kappa shape index (κ3) is 1.75. The summed E-state index contributed by atoms with van der Waals surface area (Å²) in [6, 6.07) is 0. The molecule has 0 aromatic rings. The molecule has 0 spiro atoms. The minimum atomic E-state index is -0.0786. The van der Waals surface area contributed by atoms with Gasteiger partial charge >= 0.3 is 0 Å². The summed E-state index contributed by atoms with van der Waals surface area (Å²) in [4.78, 5) is 12.8. The van der Waals surface area contributed by atoms with E-state index < -0.39 is 0 Å². The Bertz CT molecular complexity index is 217. The molecule has 4 heteroatoms. The molecule has 0 saturated carbocycles. The minimum absolute atomic E-state index is 0.0551. The van der Waals surface area contributed by atoms with Gasteiger partial charge in [0.25, 0.3) is 0 Å². The van der Waals surface area contributed by atoms with E-state index in [4.69, 9.17) is 5.41 Å². The maximum Gasteiger partial charge on any atom is 0.228 e. The molecular weight excluding hydrogens is 154 g/mol. The molecule has 0 aliphatic carbocycles. The van der Waals surface area contributed by atoms with E-state index in [-0.39, 0.29) is 17.4 Å². The monoisotopic (exact) mass is 169 g/mol. The van der Waals surface area contributed by atoms with Gasteiger partial charge in [-0.3, -0.25) is 15.5 Å². The van der Waals surface area contributed by atoms with Crippen molar-refractivity contribution in [2.24, 2.45) is 0 Å². The first-order chi connectivity index (χ1) is 5.41. The van der Waals surface area contributed by atoms with Crippen molar-refractivity contribution in [3.8, 4) is 0 Å². The lowest BCUT2D eigenvalue weighted by Gasteiger charge is -2.39. The summed E-state index contributed by atoms with van der Waals surface area (Å²) in [5.41, 5.74) is -0.0786. The smallest absolute Gasteiger partial charge is 0.228 e. The van der Waals surface area contributed by atoms with Crippen LogP contribution in [-0.2, 0) is 4.79 Å². The Morgan fingerprint density at radius 1 is 1.50 bits per heavy atom. The number of hydrogen-bond acceptors (Lipinski definition) is 2. The van der Waals surface area contributed by atoms with Crippen molar-refractivity contribution in [3.63, 3.8) is 0 Å². The quantitative estimate of drug-likeness (QED) is 0.556. The minimum Gasteiger partial charge on any atom is -0.337 e. The molecule has 12 heavy (non-hydrogen) atoms. The van der Waals surface area contributed by atoms with Gasteiger partial charge < -0.3 is 4.90 Å². The lowest BCUT2D eigenvalue weighted by atomic mass is 10.1. The molecule has 1 amide bonds. The highest BCUT2D eigenvalue weighted by Gasteiger charge is 2.28. The van der Waals surface area contributed by atoms with Crippen LogP contribution in [0.3, 0.4) is 0 Å². The van der Waals surface area contributed by atoms with Gasteiger partial charge in [0.2, 0.25) is 5.91 Å². The van der Waals surface area contributed by atoms with E-state index in [9.17, 15) is 4.79 Å². The van der Waals surface area contributed by atoms with Crippen molar-refractivity contribution >= 4 is 11.9 Å². The highest BCUT2D eigenvalue weighted by atomic mass is 16.2. The van der Waals surface area contributed by atoms with Gasteiger partial charge in [-0.2, -0.15) is 0 Å². The zero-order valence-corrected chi connectivity index (χ0v) is 7.77. The summed E-state index contributed by atoms with van der Waals surface area (Å²) in [5, 5.41) is 10.0. The Morgan fingerprint density at radius 3 is 2.50 bits per heavy atom. The molecule has 0 unspecified atom stereocenters. The van der Waals surface area contributed by atoms with Crippen LogP contribution in [0.5, 0.6) is 0 Å². The first kappa shape index (κ1) is 9.03. The number of guanidine groups is 1. The number of hydrogen-bond donors (Lipinski definition) is 2. The number of carbonyl (C=O) groups excluding carboxylic acids is 1. The Morgan fingerprint density at radius 2 is 2.08 bits per heavy atom. The van der Waals surface area contributed by atoms with Gasteiger partial charge in [0, 0.05) is 18.5 Å². The number of amides is 1. The zero-order valence-electron chi connectivity index (χ0n) is 7.77. The van der Waals surface area contributed by atoms with Crippen LogP contribution in [0.1, 0.15) is 27.2 Å². The summed E-state index contributed by atoms with van der Waals surface area (Å²) in [5.74, 6) is 0.166. The Balaban J connectivity index is 2.69. The zero-order chi connectivity index (χ0) is 9.35. The highest BCUT2D eigenvalue weighted by molar-refractivity contribution is 5.98. The van der Waals surface area contributed by atoms with E-state index in [2.05, 4.69) is 5.32 Å². The van der Waals surface area contributed by atoms with Gasteiger partial charge in [-0.15, -0.1) is 0 Å². The predicted octanol–water partition coefficient (Wildman–Crippen LogP) is 0.542. The summed E-state index contributed by atoms with van der Waals surface area (Å²) in [6.45, 7) is 6.73. The molecule has 0 bridgehead atoms. The van der Waals surface area contributed by atoms with Gasteiger partial charge in [-0.25, -0.2) is 0 Å². The molecule has 0 atom stereocenters. The van der Waals surface area contributed by atoms with Crippen LogP contribution >= 0.6 is 0 Å². The average molecular weight is 169 g/mol. The van der Waals surface area contributed by atoms with Crippen LogP contribution in [-0.4, -0.2) is 28.9 Å². The van der Waals surface area contributed by atoms with Gasteiger partial charge in [0.1, 0.15) is 0 Å². The van der Waals surface area contributed by atoms with Crippen LogP contribution in [0.25, 0.3) is 0 Å². The molecule has 1 heterocycles. The van der Waals surface area contributed by atoms with E-state index in [1.54, 1.807) is 0 Å². The van der Waals surface area contributed by atoms with E-state index in [1.807, 2.05) is 25.7 Å². The number of nitrogens with zero attached hydrogens (tertiary/aromatic N) is 1. The van der Waals surface area contributed by atoms with Crippen LogP contribution < -0.4 is 5.32 Å². The maximum absolute atomic E-state index is 10.9. The highest BCUT2D eigenvalue weighted by Crippen LogP contribution is 2.15. The molecule has 0 radical (unpaired) electrons. The number of carbonyl (C=O) groups is 1. The molecule has 1 aliphatic heterocycles. The van der Waals surface area contributed by atoms with Crippen molar-refractivity contribution in [2.45, 2.75) is 32.7 Å². The van der Waals surface area contributed by atoms with Gasteiger partial charge in [0.15, 0.2) is 5.96 Å².